The van der Waals surface area contributed by atoms with Crippen LogP contribution in [0.2, 0.25) is 0 Å². The van der Waals surface area contributed by atoms with Crippen molar-refractivity contribution in [1.29, 1.82) is 5.26 Å². The number of fused-ring (bicyclic) bond motifs is 1. The first-order valence-corrected chi connectivity index (χ1v) is 3.98. The highest BCUT2D eigenvalue weighted by Gasteiger charge is 2.06. The molecule has 74 valence electrons. The third-order valence-electron chi connectivity index (χ3n) is 1.79. The van der Waals surface area contributed by atoms with Crippen LogP contribution in [0.5, 0.6) is 5.88 Å². The molecule has 2 rings (SSSR count). The molecule has 0 aliphatic carbocycles. The molecule has 2 heterocycles. The van der Waals surface area contributed by atoms with Crippen molar-refractivity contribution in [3.05, 3.63) is 24.0 Å². The standard InChI is InChI=1S/C9H5N3O3/c10-3-6-1-5-2-8(15-9(13)14)12-7(5)4-11-6/h1-2,4,12H,(H,13,14). The van der Waals surface area contributed by atoms with Crippen LogP contribution >= 0.6 is 0 Å². The molecular formula is C9H5N3O3. The average Bonchev–Trinajstić information content (AvgIpc) is 2.57. The topological polar surface area (TPSA) is 99.0 Å². The van der Waals surface area contributed by atoms with Crippen molar-refractivity contribution in [2.45, 2.75) is 0 Å². The van der Waals surface area contributed by atoms with E-state index in [9.17, 15) is 4.79 Å². The molecule has 0 aliphatic rings. The maximum atomic E-state index is 10.3. The number of hydrogen-bond donors (Lipinski definition) is 2. The Balaban J connectivity index is 2.47. The summed E-state index contributed by atoms with van der Waals surface area (Å²) in [6.07, 6.45) is 0.0535. The van der Waals surface area contributed by atoms with E-state index in [0.717, 1.165) is 0 Å². The summed E-state index contributed by atoms with van der Waals surface area (Å²) in [6, 6.07) is 4.92. The number of nitriles is 1. The largest absolute Gasteiger partial charge is 0.512 e. The van der Waals surface area contributed by atoms with Gasteiger partial charge in [0.05, 0.1) is 11.7 Å². The van der Waals surface area contributed by atoms with Gasteiger partial charge in [0.2, 0.25) is 5.88 Å². The van der Waals surface area contributed by atoms with Gasteiger partial charge in [-0.25, -0.2) is 9.78 Å². The van der Waals surface area contributed by atoms with Crippen molar-refractivity contribution in [3.8, 4) is 11.9 Å². The van der Waals surface area contributed by atoms with Crippen LogP contribution < -0.4 is 4.74 Å². The van der Waals surface area contributed by atoms with Crippen LogP contribution in [0.25, 0.3) is 10.9 Å². The zero-order valence-electron chi connectivity index (χ0n) is 7.39. The minimum Gasteiger partial charge on any atom is -0.449 e. The summed E-state index contributed by atoms with van der Waals surface area (Å²) >= 11 is 0. The second-order valence-corrected chi connectivity index (χ2v) is 2.77. The van der Waals surface area contributed by atoms with Crippen LogP contribution in [0.3, 0.4) is 0 Å². The number of nitrogens with zero attached hydrogens (tertiary/aromatic N) is 2. The number of H-pyrrole nitrogens is 1. The minimum atomic E-state index is -1.39. The number of carboxylic acid groups (broad SMARTS) is 1. The summed E-state index contributed by atoms with van der Waals surface area (Å²) in [5.74, 6) is 0.106. The van der Waals surface area contributed by atoms with Gasteiger partial charge < -0.3 is 14.8 Å². The highest BCUT2D eigenvalue weighted by Crippen LogP contribution is 2.20. The van der Waals surface area contributed by atoms with Crippen molar-refractivity contribution in [3.63, 3.8) is 0 Å². The molecule has 0 atom stereocenters. The van der Waals surface area contributed by atoms with E-state index in [0.29, 0.717) is 10.9 Å². The molecule has 2 N–H and O–H groups in total. The number of ether oxygens (including phenoxy) is 1. The first kappa shape index (κ1) is 9.02. The Morgan fingerprint density at radius 2 is 2.40 bits per heavy atom. The minimum absolute atomic E-state index is 0.106. The van der Waals surface area contributed by atoms with Crippen molar-refractivity contribution >= 4 is 17.1 Å². The average molecular weight is 203 g/mol. The summed E-state index contributed by atoms with van der Waals surface area (Å²) < 4.78 is 4.42. The third-order valence-corrected chi connectivity index (χ3v) is 1.79. The smallest absolute Gasteiger partial charge is 0.449 e. The molecule has 2 aromatic heterocycles. The van der Waals surface area contributed by atoms with Crippen LogP contribution in [0.1, 0.15) is 5.69 Å². The zero-order valence-corrected chi connectivity index (χ0v) is 7.39. The predicted molar refractivity (Wildman–Crippen MR) is 49.5 cm³/mol. The second kappa shape index (κ2) is 3.31. The molecule has 0 amide bonds. The van der Waals surface area contributed by atoms with Crippen LogP contribution in [-0.2, 0) is 0 Å². The number of pyridine rings is 1. The fourth-order valence-corrected chi connectivity index (χ4v) is 1.22. The lowest BCUT2D eigenvalue weighted by Crippen LogP contribution is -2.02. The Morgan fingerprint density at radius 3 is 3.07 bits per heavy atom. The molecule has 0 radical (unpaired) electrons. The number of aromatic amines is 1. The molecule has 0 fully saturated rings. The molecule has 0 saturated heterocycles. The summed E-state index contributed by atoms with van der Waals surface area (Å²) in [5, 5.41) is 17.7. The number of rotatable bonds is 1. The van der Waals surface area contributed by atoms with E-state index in [2.05, 4.69) is 14.7 Å². The molecule has 6 nitrogen and oxygen atoms in total. The van der Waals surface area contributed by atoms with Gasteiger partial charge in [-0.3, -0.25) is 0 Å². The molecule has 15 heavy (non-hydrogen) atoms. The summed E-state index contributed by atoms with van der Waals surface area (Å²) in [7, 11) is 0. The zero-order chi connectivity index (χ0) is 10.8. The van der Waals surface area contributed by atoms with E-state index in [1.165, 1.54) is 12.3 Å². The molecule has 0 unspecified atom stereocenters. The molecule has 6 heteroatoms. The highest BCUT2D eigenvalue weighted by molar-refractivity contribution is 5.82. The van der Waals surface area contributed by atoms with Gasteiger partial charge in [-0.05, 0) is 6.07 Å². The van der Waals surface area contributed by atoms with Gasteiger partial charge in [-0.1, -0.05) is 0 Å². The summed E-state index contributed by atoms with van der Waals surface area (Å²) in [6.45, 7) is 0. The van der Waals surface area contributed by atoms with Crippen molar-refractivity contribution in [2.24, 2.45) is 0 Å². The second-order valence-electron chi connectivity index (χ2n) is 2.77. The molecule has 0 aliphatic heterocycles. The van der Waals surface area contributed by atoms with Gasteiger partial charge in [0, 0.05) is 11.5 Å². The Hall–Kier alpha value is -2.55. The first-order valence-electron chi connectivity index (χ1n) is 3.98. The third kappa shape index (κ3) is 1.71. The highest BCUT2D eigenvalue weighted by atomic mass is 16.7. The van der Waals surface area contributed by atoms with Crippen molar-refractivity contribution in [2.75, 3.05) is 0 Å². The number of carbonyl (C=O) groups is 1. The fraction of sp³-hybridized carbons (Fsp3) is 0. The summed E-state index contributed by atoms with van der Waals surface area (Å²) in [4.78, 5) is 16.8. The van der Waals surface area contributed by atoms with Gasteiger partial charge in [0.15, 0.2) is 0 Å². The van der Waals surface area contributed by atoms with E-state index in [1.54, 1.807) is 6.07 Å². The molecule has 0 spiro atoms. The maximum Gasteiger partial charge on any atom is 0.512 e. The van der Waals surface area contributed by atoms with E-state index in [1.807, 2.05) is 6.07 Å². The lowest BCUT2D eigenvalue weighted by Gasteiger charge is -1.91. The maximum absolute atomic E-state index is 10.3. The van der Waals surface area contributed by atoms with Crippen molar-refractivity contribution in [1.82, 2.24) is 9.97 Å². The van der Waals surface area contributed by atoms with E-state index in [4.69, 9.17) is 10.4 Å². The van der Waals surface area contributed by atoms with Crippen molar-refractivity contribution < 1.29 is 14.6 Å². The Bertz CT molecular complexity index is 567. The lowest BCUT2D eigenvalue weighted by molar-refractivity contribution is 0.143. The molecule has 2 aromatic rings. The van der Waals surface area contributed by atoms with Gasteiger partial charge in [0.25, 0.3) is 0 Å². The van der Waals surface area contributed by atoms with Gasteiger partial charge in [0.1, 0.15) is 11.8 Å². The van der Waals surface area contributed by atoms with Crippen LogP contribution in [0.15, 0.2) is 18.3 Å². The summed E-state index contributed by atoms with van der Waals surface area (Å²) in [5.41, 5.74) is 0.883. The number of aromatic nitrogens is 2. The Kier molecular flexibility index (Phi) is 1.99. The first-order chi connectivity index (χ1) is 7.19. The number of hydrogen-bond acceptors (Lipinski definition) is 4. The van der Waals surface area contributed by atoms with Crippen LogP contribution in [0, 0.1) is 11.3 Å². The quantitative estimate of drug-likeness (QED) is 0.684. The monoisotopic (exact) mass is 203 g/mol. The SMILES string of the molecule is N#Cc1cc2cc(OC(=O)O)[nH]c2cn1. The lowest BCUT2D eigenvalue weighted by atomic mass is 10.3. The molecule has 0 saturated carbocycles. The van der Waals surface area contributed by atoms with E-state index >= 15 is 0 Å². The fourth-order valence-electron chi connectivity index (χ4n) is 1.22. The van der Waals surface area contributed by atoms with Gasteiger partial charge in [-0.2, -0.15) is 5.26 Å². The van der Waals surface area contributed by atoms with Crippen LogP contribution in [-0.4, -0.2) is 21.2 Å². The molecular weight excluding hydrogens is 198 g/mol. The molecule has 0 bridgehead atoms. The number of nitrogens with one attached hydrogen (secondary N) is 1. The Morgan fingerprint density at radius 1 is 1.60 bits per heavy atom. The van der Waals surface area contributed by atoms with Gasteiger partial charge in [-0.15, -0.1) is 0 Å². The predicted octanol–water partition coefficient (Wildman–Crippen LogP) is 1.49. The normalized spacial score (nSPS) is 9.80. The van der Waals surface area contributed by atoms with E-state index in [-0.39, 0.29) is 11.6 Å². The van der Waals surface area contributed by atoms with E-state index < -0.39 is 6.16 Å². The van der Waals surface area contributed by atoms with Crippen LogP contribution in [0.4, 0.5) is 4.79 Å². The molecule has 0 aromatic carbocycles. The van der Waals surface area contributed by atoms with Gasteiger partial charge >= 0.3 is 6.16 Å². The Labute approximate surface area is 83.7 Å².